The lowest BCUT2D eigenvalue weighted by Crippen LogP contribution is -2.23. The van der Waals surface area contributed by atoms with Crippen LogP contribution in [0.25, 0.3) is 0 Å². The first-order chi connectivity index (χ1) is 6.16. The summed E-state index contributed by atoms with van der Waals surface area (Å²) in [7, 11) is 1.87. The Morgan fingerprint density at radius 3 is 3.00 bits per heavy atom. The van der Waals surface area contributed by atoms with E-state index in [1.165, 1.54) is 0 Å². The lowest BCUT2D eigenvalue weighted by Gasteiger charge is -2.14. The zero-order valence-corrected chi connectivity index (χ0v) is 8.67. The molecule has 0 radical (unpaired) electrons. The van der Waals surface area contributed by atoms with Crippen molar-refractivity contribution in [1.29, 1.82) is 0 Å². The molecule has 0 aliphatic carbocycles. The molecular formula is C8H9BrN2O2. The van der Waals surface area contributed by atoms with E-state index in [0.29, 0.717) is 6.54 Å². The topological polar surface area (TPSA) is 45.5 Å². The predicted octanol–water partition coefficient (Wildman–Crippen LogP) is 1.10. The van der Waals surface area contributed by atoms with Crippen LogP contribution in [0.15, 0.2) is 21.2 Å². The Morgan fingerprint density at radius 1 is 1.77 bits per heavy atom. The number of hydrogen-bond acceptors (Lipinski definition) is 3. The van der Waals surface area contributed by atoms with Gasteiger partial charge in [0, 0.05) is 0 Å². The fourth-order valence-electron chi connectivity index (χ4n) is 1.39. The Bertz CT molecular complexity index is 337. The van der Waals surface area contributed by atoms with Crippen LogP contribution < -0.4 is 5.32 Å². The van der Waals surface area contributed by atoms with Crippen molar-refractivity contribution in [2.75, 3.05) is 13.6 Å². The van der Waals surface area contributed by atoms with Crippen molar-refractivity contribution in [2.45, 2.75) is 6.17 Å². The van der Waals surface area contributed by atoms with Crippen LogP contribution in [0, 0.1) is 0 Å². The van der Waals surface area contributed by atoms with Gasteiger partial charge in [0.25, 0.3) is 0 Å². The molecule has 1 amide bonds. The van der Waals surface area contributed by atoms with E-state index in [2.05, 4.69) is 21.2 Å². The summed E-state index contributed by atoms with van der Waals surface area (Å²) in [5, 5.41) is 2.81. The van der Waals surface area contributed by atoms with Crippen LogP contribution in [0.5, 0.6) is 0 Å². The average Bonchev–Trinajstić information content (AvgIpc) is 2.58. The Balaban J connectivity index is 2.22. The van der Waals surface area contributed by atoms with Crippen molar-refractivity contribution in [1.82, 2.24) is 10.2 Å². The summed E-state index contributed by atoms with van der Waals surface area (Å²) in [6, 6.07) is 1.85. The van der Waals surface area contributed by atoms with E-state index in [1.54, 1.807) is 6.26 Å². The Labute approximate surface area is 84.0 Å². The molecule has 1 aromatic rings. The third-order valence-electron chi connectivity index (χ3n) is 1.99. The molecule has 5 heteroatoms. The maximum atomic E-state index is 11.0. The Morgan fingerprint density at radius 2 is 2.54 bits per heavy atom. The quantitative estimate of drug-likeness (QED) is 0.805. The first-order valence-corrected chi connectivity index (χ1v) is 4.69. The summed E-state index contributed by atoms with van der Waals surface area (Å²) in [5.41, 5.74) is 0. The highest BCUT2D eigenvalue weighted by atomic mass is 79.9. The van der Waals surface area contributed by atoms with Crippen LogP contribution in [-0.2, 0) is 4.79 Å². The summed E-state index contributed by atoms with van der Waals surface area (Å²) in [4.78, 5) is 12.9. The second-order valence-corrected chi connectivity index (χ2v) is 3.97. The van der Waals surface area contributed by atoms with Gasteiger partial charge in [-0.3, -0.25) is 9.69 Å². The van der Waals surface area contributed by atoms with Gasteiger partial charge in [0.2, 0.25) is 5.91 Å². The van der Waals surface area contributed by atoms with Gasteiger partial charge in [-0.2, -0.15) is 0 Å². The second kappa shape index (κ2) is 3.16. The van der Waals surface area contributed by atoms with Crippen LogP contribution in [0.1, 0.15) is 11.9 Å². The lowest BCUT2D eigenvalue weighted by atomic mass is 10.3. The molecule has 1 N–H and O–H groups in total. The van der Waals surface area contributed by atoms with Crippen LogP contribution in [0.2, 0.25) is 0 Å². The SMILES string of the molecule is CN1CC(=O)NC1c1cc(Br)co1. The number of halogens is 1. The first kappa shape index (κ1) is 8.77. The molecule has 4 nitrogen and oxygen atoms in total. The lowest BCUT2D eigenvalue weighted by molar-refractivity contribution is -0.118. The smallest absolute Gasteiger partial charge is 0.235 e. The van der Waals surface area contributed by atoms with E-state index in [1.807, 2.05) is 18.0 Å². The summed E-state index contributed by atoms with van der Waals surface area (Å²) in [6.07, 6.45) is 1.48. The number of nitrogens with zero attached hydrogens (tertiary/aromatic N) is 1. The van der Waals surface area contributed by atoms with Gasteiger partial charge in [0.05, 0.1) is 11.0 Å². The van der Waals surface area contributed by atoms with Crippen molar-refractivity contribution in [3.05, 3.63) is 22.6 Å². The highest BCUT2D eigenvalue weighted by Gasteiger charge is 2.29. The van der Waals surface area contributed by atoms with Crippen LogP contribution in [0.4, 0.5) is 0 Å². The normalized spacial score (nSPS) is 23.5. The van der Waals surface area contributed by atoms with Gasteiger partial charge in [-0.15, -0.1) is 0 Å². The number of rotatable bonds is 1. The number of furan rings is 1. The number of hydrogen-bond donors (Lipinski definition) is 1. The molecule has 13 heavy (non-hydrogen) atoms. The van der Waals surface area contributed by atoms with Crippen molar-refractivity contribution >= 4 is 21.8 Å². The maximum Gasteiger partial charge on any atom is 0.235 e. The number of amides is 1. The van der Waals surface area contributed by atoms with E-state index in [9.17, 15) is 4.79 Å². The largest absolute Gasteiger partial charge is 0.464 e. The van der Waals surface area contributed by atoms with E-state index >= 15 is 0 Å². The molecule has 2 heterocycles. The van der Waals surface area contributed by atoms with E-state index in [4.69, 9.17) is 4.42 Å². The third-order valence-corrected chi connectivity index (χ3v) is 2.40. The minimum Gasteiger partial charge on any atom is -0.464 e. The molecule has 1 atom stereocenters. The monoisotopic (exact) mass is 244 g/mol. The third kappa shape index (κ3) is 1.62. The zero-order chi connectivity index (χ0) is 9.42. The fraction of sp³-hybridized carbons (Fsp3) is 0.375. The van der Waals surface area contributed by atoms with Crippen LogP contribution in [0.3, 0.4) is 0 Å². The van der Waals surface area contributed by atoms with E-state index < -0.39 is 0 Å². The fourth-order valence-corrected chi connectivity index (χ4v) is 1.71. The van der Waals surface area contributed by atoms with Crippen molar-refractivity contribution in [2.24, 2.45) is 0 Å². The van der Waals surface area contributed by atoms with Crippen molar-refractivity contribution in [3.8, 4) is 0 Å². The second-order valence-electron chi connectivity index (χ2n) is 3.05. The van der Waals surface area contributed by atoms with Gasteiger partial charge in [-0.05, 0) is 29.0 Å². The molecule has 2 rings (SSSR count). The number of carbonyl (C=O) groups excluding carboxylic acids is 1. The maximum absolute atomic E-state index is 11.0. The van der Waals surface area contributed by atoms with Crippen LogP contribution in [-0.4, -0.2) is 24.4 Å². The van der Waals surface area contributed by atoms with E-state index in [-0.39, 0.29) is 12.1 Å². The van der Waals surface area contributed by atoms with Gasteiger partial charge >= 0.3 is 0 Å². The standard InChI is InChI=1S/C8H9BrN2O2/c1-11-3-7(12)10-8(11)6-2-5(9)4-13-6/h2,4,8H,3H2,1H3,(H,10,12). The van der Waals surface area contributed by atoms with Crippen LogP contribution >= 0.6 is 15.9 Å². The molecule has 1 unspecified atom stereocenters. The molecule has 70 valence electrons. The highest BCUT2D eigenvalue weighted by molar-refractivity contribution is 9.10. The molecule has 0 spiro atoms. The number of nitrogens with one attached hydrogen (secondary N) is 1. The molecule has 1 aromatic heterocycles. The minimum absolute atomic E-state index is 0.0278. The van der Waals surface area contributed by atoms with E-state index in [0.717, 1.165) is 10.2 Å². The minimum atomic E-state index is -0.126. The summed E-state index contributed by atoms with van der Waals surface area (Å²) >= 11 is 3.29. The molecule has 0 aromatic carbocycles. The first-order valence-electron chi connectivity index (χ1n) is 3.90. The van der Waals surface area contributed by atoms with Gasteiger partial charge in [-0.25, -0.2) is 0 Å². The molecule has 1 fully saturated rings. The van der Waals surface area contributed by atoms with Gasteiger partial charge < -0.3 is 9.73 Å². The molecule has 1 aliphatic rings. The van der Waals surface area contributed by atoms with Crippen molar-refractivity contribution in [3.63, 3.8) is 0 Å². The molecule has 0 saturated carbocycles. The molecular weight excluding hydrogens is 236 g/mol. The van der Waals surface area contributed by atoms with Gasteiger partial charge in [-0.1, -0.05) is 0 Å². The summed E-state index contributed by atoms with van der Waals surface area (Å²) < 4.78 is 6.15. The average molecular weight is 245 g/mol. The zero-order valence-electron chi connectivity index (χ0n) is 7.08. The number of carbonyl (C=O) groups is 1. The number of likely N-dealkylation sites (N-methyl/N-ethyl adjacent to an activating group) is 1. The highest BCUT2D eigenvalue weighted by Crippen LogP contribution is 2.24. The Hall–Kier alpha value is -0.810. The molecule has 1 aliphatic heterocycles. The Kier molecular flexibility index (Phi) is 2.13. The van der Waals surface area contributed by atoms with Gasteiger partial charge in [0.15, 0.2) is 0 Å². The molecule has 0 bridgehead atoms. The summed E-state index contributed by atoms with van der Waals surface area (Å²) in [6.45, 7) is 0.420. The summed E-state index contributed by atoms with van der Waals surface area (Å²) in [5.74, 6) is 0.778. The van der Waals surface area contributed by atoms with Gasteiger partial charge in [0.1, 0.15) is 18.2 Å². The predicted molar refractivity (Wildman–Crippen MR) is 49.9 cm³/mol. The molecule has 1 saturated heterocycles. The van der Waals surface area contributed by atoms with Crippen molar-refractivity contribution < 1.29 is 9.21 Å².